The van der Waals surface area contributed by atoms with Crippen LogP contribution in [-0.4, -0.2) is 47.3 Å². The first kappa shape index (κ1) is 26.9. The second-order valence-corrected chi connectivity index (χ2v) is 9.97. The molecular weight excluding hydrogens is 499 g/mol. The summed E-state index contributed by atoms with van der Waals surface area (Å²) >= 11 is 1.82. The summed E-state index contributed by atoms with van der Waals surface area (Å²) in [6.07, 6.45) is 3.02. The summed E-state index contributed by atoms with van der Waals surface area (Å²) in [6, 6.07) is 5.02. The number of benzene rings is 1. The molecule has 2 atom stereocenters. The van der Waals surface area contributed by atoms with Crippen molar-refractivity contribution in [1.82, 2.24) is 4.31 Å². The molecule has 0 amide bonds. The van der Waals surface area contributed by atoms with E-state index in [0.717, 1.165) is 17.1 Å². The molecule has 1 fully saturated rings. The van der Waals surface area contributed by atoms with Crippen molar-refractivity contribution in [3.63, 3.8) is 0 Å². The minimum absolute atomic E-state index is 0. The van der Waals surface area contributed by atoms with E-state index < -0.39 is 37.9 Å². The Morgan fingerprint density at radius 1 is 1.15 bits per heavy atom. The first-order valence-corrected chi connectivity index (χ1v) is 13.2. The van der Waals surface area contributed by atoms with Crippen LogP contribution in [0.3, 0.4) is 0 Å². The van der Waals surface area contributed by atoms with Crippen LogP contribution in [0.1, 0.15) is 31.2 Å². The molecule has 0 radical (unpaired) electrons. The molecule has 2 unspecified atom stereocenters. The number of halogens is 1. The van der Waals surface area contributed by atoms with E-state index in [0.29, 0.717) is 12.8 Å². The molecule has 0 spiro atoms. The Labute approximate surface area is 177 Å². The molecule has 1 aromatic rings. The van der Waals surface area contributed by atoms with Gasteiger partial charge in [0, 0.05) is 14.1 Å². The molecule has 27 heavy (non-hydrogen) atoms. The van der Waals surface area contributed by atoms with Crippen LogP contribution in [0.4, 0.5) is 0 Å². The molecule has 1 aromatic carbocycles. The Morgan fingerprint density at radius 2 is 1.70 bits per heavy atom. The summed E-state index contributed by atoms with van der Waals surface area (Å²) < 4.78 is 54.5. The second-order valence-electron chi connectivity index (χ2n) is 6.19. The van der Waals surface area contributed by atoms with E-state index in [4.69, 9.17) is 5.73 Å². The molecular formula is C16H26ClN3O4RuS2. The van der Waals surface area contributed by atoms with Crippen molar-refractivity contribution in [2.24, 2.45) is 0 Å². The monoisotopic (exact) mass is 525 g/mol. The summed E-state index contributed by atoms with van der Waals surface area (Å²) in [4.78, 5) is -0.0279. The van der Waals surface area contributed by atoms with Gasteiger partial charge in [0.1, 0.15) is 0 Å². The molecule has 0 aliphatic heterocycles. The van der Waals surface area contributed by atoms with Gasteiger partial charge in [0.2, 0.25) is 10.0 Å². The van der Waals surface area contributed by atoms with E-state index in [1.165, 1.54) is 26.2 Å². The molecule has 1 N–H and O–H groups in total. The summed E-state index contributed by atoms with van der Waals surface area (Å²) in [5.74, 6) is -0.473. The molecule has 11 heteroatoms. The molecule has 1 aliphatic rings. The van der Waals surface area contributed by atoms with Crippen molar-refractivity contribution in [1.29, 1.82) is 0 Å². The number of hydrogen-bond donors (Lipinski definition) is 0. The third kappa shape index (κ3) is 7.68. The quantitative estimate of drug-likeness (QED) is 0.418. The summed E-state index contributed by atoms with van der Waals surface area (Å²) in [6.45, 7) is 0. The fourth-order valence-corrected chi connectivity index (χ4v) is 5.34. The standard InChI is InChI=1S/C15H23N3O4S2.CH3.ClH.Ru/c1-18(2)24(21,22)15-10-6-3-7-12(15)11-23(19,20)17-14-9-5-4-8-13(14)16;;;/h3,6-7,10,13-14,16H,4-5,8-9,11H2,1-2H3;1H3;1H;/q-2;-1;;+4/p-1. The van der Waals surface area contributed by atoms with Crippen molar-refractivity contribution in [2.45, 2.75) is 48.4 Å². The second kappa shape index (κ2) is 11.8. The van der Waals surface area contributed by atoms with Crippen LogP contribution in [0, 0.1) is 7.43 Å². The zero-order valence-electron chi connectivity index (χ0n) is 15.6. The first-order chi connectivity index (χ1) is 12.1. The van der Waals surface area contributed by atoms with Gasteiger partial charge in [-0.05, 0) is 11.6 Å². The average molecular weight is 525 g/mol. The van der Waals surface area contributed by atoms with Crippen LogP contribution >= 0.6 is 9.69 Å². The van der Waals surface area contributed by atoms with Gasteiger partial charge < -0.3 is 17.9 Å². The fraction of sp³-hybridized carbons (Fsp3) is 0.562. The van der Waals surface area contributed by atoms with Gasteiger partial charge in [0.15, 0.2) is 0 Å². The van der Waals surface area contributed by atoms with Gasteiger partial charge in [-0.3, -0.25) is 0 Å². The Morgan fingerprint density at radius 3 is 2.26 bits per heavy atom. The zero-order valence-corrected chi connectivity index (χ0v) is 19.7. The van der Waals surface area contributed by atoms with Gasteiger partial charge in [-0.2, -0.15) is 6.04 Å². The van der Waals surface area contributed by atoms with E-state index >= 15 is 0 Å². The number of sulfonamides is 2. The minimum atomic E-state index is -3.85. The Balaban J connectivity index is 0.00000218. The Bertz CT molecular complexity index is 789. The van der Waals surface area contributed by atoms with E-state index in [1.54, 1.807) is 12.1 Å². The SMILES string of the molecule is CN(C)S(=O)(=O)c1ccccc1CS(=O)(=O)[N-]C1CCCCC1[NH-].[CH3-].[Cl][Ru+3]. The molecule has 0 aromatic heterocycles. The molecule has 0 saturated heterocycles. The van der Waals surface area contributed by atoms with Crippen LogP contribution in [0.25, 0.3) is 10.5 Å². The van der Waals surface area contributed by atoms with Gasteiger partial charge in [-0.25, -0.2) is 21.1 Å². The maximum atomic E-state index is 12.4. The normalized spacial score (nSPS) is 20.3. The number of nitrogens with one attached hydrogen (secondary N) is 1. The number of nitrogens with zero attached hydrogens (tertiary/aromatic N) is 2. The predicted octanol–water partition coefficient (Wildman–Crippen LogP) is 3.64. The van der Waals surface area contributed by atoms with E-state index in [-0.39, 0.29) is 17.9 Å². The van der Waals surface area contributed by atoms with E-state index in [2.05, 4.69) is 14.4 Å². The van der Waals surface area contributed by atoms with Gasteiger partial charge in [0.05, 0.1) is 20.7 Å². The summed E-state index contributed by atoms with van der Waals surface area (Å²) in [7, 11) is -0.217. The van der Waals surface area contributed by atoms with Crippen LogP contribution in [0.2, 0.25) is 0 Å². The van der Waals surface area contributed by atoms with E-state index in [1.807, 2.05) is 17.3 Å². The summed E-state index contributed by atoms with van der Waals surface area (Å²) in [5, 5.41) is 0. The Hall–Kier alpha value is -0.0866. The van der Waals surface area contributed by atoms with Crippen molar-refractivity contribution in [3.05, 3.63) is 47.7 Å². The molecule has 0 heterocycles. The third-order valence-corrected chi connectivity index (χ3v) is 7.28. The first-order valence-electron chi connectivity index (χ1n) is 7.93. The van der Waals surface area contributed by atoms with Crippen molar-refractivity contribution in [3.8, 4) is 0 Å². The topological polar surface area (TPSA) is 109 Å². The fourth-order valence-electron chi connectivity index (χ4n) is 2.75. The summed E-state index contributed by atoms with van der Waals surface area (Å²) in [5.41, 5.74) is 8.13. The van der Waals surface area contributed by atoms with Gasteiger partial charge >= 0.3 is 27.0 Å². The predicted molar refractivity (Wildman–Crippen MR) is 106 cm³/mol. The van der Waals surface area contributed by atoms with Crippen molar-refractivity contribution >= 4 is 29.7 Å². The molecule has 1 aliphatic carbocycles. The van der Waals surface area contributed by atoms with Crippen LogP contribution in [-0.2, 0) is 43.1 Å². The van der Waals surface area contributed by atoms with Gasteiger partial charge in [-0.1, -0.05) is 43.9 Å². The maximum absolute atomic E-state index is 12.4. The van der Waals surface area contributed by atoms with Crippen molar-refractivity contribution < 1.29 is 34.1 Å². The average Bonchev–Trinajstić information content (AvgIpc) is 2.58. The van der Waals surface area contributed by atoms with Crippen LogP contribution in [0.5, 0.6) is 0 Å². The molecule has 1 saturated carbocycles. The molecule has 156 valence electrons. The number of rotatable bonds is 6. The van der Waals surface area contributed by atoms with Crippen LogP contribution in [0.15, 0.2) is 29.2 Å². The number of hydrogen-bond acceptors (Lipinski definition) is 4. The van der Waals surface area contributed by atoms with Gasteiger partial charge in [0.25, 0.3) is 0 Å². The molecule has 0 bridgehead atoms. The van der Waals surface area contributed by atoms with E-state index in [9.17, 15) is 16.8 Å². The molecule has 7 nitrogen and oxygen atoms in total. The molecule has 2 rings (SSSR count). The van der Waals surface area contributed by atoms with Crippen LogP contribution < -0.4 is 0 Å². The zero-order chi connectivity index (χ0) is 20.0. The van der Waals surface area contributed by atoms with Crippen molar-refractivity contribution in [2.75, 3.05) is 14.1 Å². The van der Waals surface area contributed by atoms with Gasteiger partial charge in [-0.15, -0.1) is 6.04 Å². The third-order valence-electron chi connectivity index (χ3n) is 4.09. The Kier molecular flexibility index (Phi) is 11.8.